The summed E-state index contributed by atoms with van der Waals surface area (Å²) in [7, 11) is -4.81. The minimum absolute atomic E-state index is 0.00501. The minimum atomic E-state index is -4.81. The monoisotopic (exact) mass is 775 g/mol. The highest BCUT2D eigenvalue weighted by molar-refractivity contribution is 7.46. The number of phosphoric ester groups is 1. The van der Waals surface area contributed by atoms with Gasteiger partial charge in [-0.2, -0.15) is 0 Å². The molecule has 6 atom stereocenters. The van der Waals surface area contributed by atoms with Gasteiger partial charge in [0.05, 0.1) is 6.10 Å². The molecular formula is C34H46N7O12P. The summed E-state index contributed by atoms with van der Waals surface area (Å²) in [4.78, 5) is 110. The van der Waals surface area contributed by atoms with Gasteiger partial charge in [-0.25, -0.2) is 4.57 Å². The van der Waals surface area contributed by atoms with Crippen molar-refractivity contribution in [3.63, 3.8) is 0 Å². The summed E-state index contributed by atoms with van der Waals surface area (Å²) in [5.41, 5.74) is 11.7. The normalized spacial score (nSPS) is 16.8. The first kappa shape index (κ1) is 43.0. The molecule has 0 saturated carbocycles. The Kier molecular flexibility index (Phi) is 15.7. The highest BCUT2D eigenvalue weighted by atomic mass is 31.2. The first-order valence-corrected chi connectivity index (χ1v) is 18.5. The Morgan fingerprint density at radius 1 is 0.852 bits per heavy atom. The molecule has 1 aliphatic rings. The smallest absolute Gasteiger partial charge is 0.404 e. The average molecular weight is 776 g/mol. The molecule has 0 spiro atoms. The Hall–Kier alpha value is -5.36. The molecule has 1 heterocycles. The Morgan fingerprint density at radius 2 is 1.44 bits per heavy atom. The van der Waals surface area contributed by atoms with E-state index in [4.69, 9.17) is 21.3 Å². The van der Waals surface area contributed by atoms with Crippen molar-refractivity contribution in [3.05, 3.63) is 65.7 Å². The first-order valence-electron chi connectivity index (χ1n) is 17.0. The second kappa shape index (κ2) is 19.6. The standard InChI is InChI=1S/C34H46N7O12P/c1-19(42)29(30(36)45)40-31(46)24(14-15-28(35)44)38-33(48)27-9-6-16-41(27)34(49)26(18-21-7-4-3-5-8-21)39-32(47)25(37-20(2)43)17-22-10-12-23(13-11-22)53-54(50,51)52/h3-5,7-8,10-13,19,24-27,29,42H,6,9,14-18H2,1-2H3,(H2,35,44)(H2,36,45)(H,37,43)(H,38,48)(H,39,47)(H,40,46)(H2,50,51,52)/t19?,24-,25-,26-,27-,29-/m0/s1. The van der Waals surface area contributed by atoms with Gasteiger partial charge >= 0.3 is 7.82 Å². The molecule has 0 aliphatic carbocycles. The number of nitrogens with two attached hydrogens (primary N) is 2. The lowest BCUT2D eigenvalue weighted by atomic mass is 10.0. The van der Waals surface area contributed by atoms with Crippen LogP contribution in [0.25, 0.3) is 0 Å². The molecule has 1 aliphatic heterocycles. The van der Waals surface area contributed by atoms with E-state index in [2.05, 4.69) is 25.8 Å². The van der Waals surface area contributed by atoms with Crippen LogP contribution in [0, 0.1) is 0 Å². The Labute approximate surface area is 310 Å². The number of aliphatic hydroxyl groups is 1. The zero-order valence-corrected chi connectivity index (χ0v) is 30.6. The van der Waals surface area contributed by atoms with Crippen molar-refractivity contribution in [2.24, 2.45) is 11.5 Å². The van der Waals surface area contributed by atoms with E-state index in [1.807, 2.05) is 0 Å². The van der Waals surface area contributed by atoms with E-state index in [0.717, 1.165) is 0 Å². The van der Waals surface area contributed by atoms with Gasteiger partial charge in [0, 0.05) is 32.7 Å². The van der Waals surface area contributed by atoms with Crippen LogP contribution in [0.1, 0.15) is 50.7 Å². The summed E-state index contributed by atoms with van der Waals surface area (Å²) < 4.78 is 15.7. The maximum Gasteiger partial charge on any atom is 0.524 e. The van der Waals surface area contributed by atoms with Gasteiger partial charge in [-0.15, -0.1) is 0 Å². The van der Waals surface area contributed by atoms with Crippen molar-refractivity contribution in [3.8, 4) is 5.75 Å². The van der Waals surface area contributed by atoms with Crippen molar-refractivity contribution in [2.45, 2.75) is 88.7 Å². The Morgan fingerprint density at radius 3 is 2.00 bits per heavy atom. The largest absolute Gasteiger partial charge is 0.524 e. The fourth-order valence-electron chi connectivity index (χ4n) is 5.85. The number of aliphatic hydroxyl groups excluding tert-OH is 1. The molecule has 294 valence electrons. The fraction of sp³-hybridized carbons (Fsp3) is 0.441. The molecule has 19 nitrogen and oxygen atoms in total. The quantitative estimate of drug-likeness (QED) is 0.0702. The molecule has 11 N–H and O–H groups in total. The maximum atomic E-state index is 14.2. The van der Waals surface area contributed by atoms with Crippen molar-refractivity contribution in [1.29, 1.82) is 0 Å². The third-order valence-corrected chi connectivity index (χ3v) is 8.86. The highest BCUT2D eigenvalue weighted by Gasteiger charge is 2.40. The number of nitrogens with zero attached hydrogens (tertiary/aromatic N) is 1. The second-order valence-corrected chi connectivity index (χ2v) is 14.0. The van der Waals surface area contributed by atoms with E-state index >= 15 is 0 Å². The van der Waals surface area contributed by atoms with Crippen molar-refractivity contribution in [2.75, 3.05) is 6.54 Å². The summed E-state index contributed by atoms with van der Waals surface area (Å²) in [6.45, 7) is 2.54. The number of benzene rings is 2. The van der Waals surface area contributed by atoms with Crippen molar-refractivity contribution < 1.29 is 57.5 Å². The number of rotatable bonds is 19. The molecule has 1 fully saturated rings. The third-order valence-electron chi connectivity index (χ3n) is 8.42. The molecule has 1 unspecified atom stereocenters. The lowest BCUT2D eigenvalue weighted by Gasteiger charge is -2.31. The number of hydrogen-bond acceptors (Lipinski definition) is 10. The molecule has 0 radical (unpaired) electrons. The van der Waals surface area contributed by atoms with E-state index in [9.17, 15) is 43.2 Å². The van der Waals surface area contributed by atoms with Crippen molar-refractivity contribution >= 4 is 49.2 Å². The van der Waals surface area contributed by atoms with Crippen molar-refractivity contribution in [1.82, 2.24) is 26.2 Å². The van der Waals surface area contributed by atoms with Gasteiger partial charge < -0.3 is 47.3 Å². The topological polar surface area (TPSA) is 310 Å². The minimum Gasteiger partial charge on any atom is -0.404 e. The van der Waals surface area contributed by atoms with Crippen LogP contribution in [-0.2, 0) is 51.0 Å². The van der Waals surface area contributed by atoms with Crippen LogP contribution >= 0.6 is 7.82 Å². The lowest BCUT2D eigenvalue weighted by molar-refractivity contribution is -0.142. The number of phosphoric acid groups is 1. The molecule has 3 rings (SSSR count). The number of carbonyl (C=O) groups excluding carboxylic acids is 7. The van der Waals surface area contributed by atoms with Crippen LogP contribution in [0.2, 0.25) is 0 Å². The molecule has 0 aromatic heterocycles. The number of hydrogen-bond donors (Lipinski definition) is 9. The third kappa shape index (κ3) is 13.6. The zero-order valence-electron chi connectivity index (χ0n) is 29.7. The number of primary amides is 2. The van der Waals surface area contributed by atoms with Crippen LogP contribution in [0.3, 0.4) is 0 Å². The van der Waals surface area contributed by atoms with Gasteiger partial charge in [-0.3, -0.25) is 43.3 Å². The predicted octanol–water partition coefficient (Wildman–Crippen LogP) is -1.97. The summed E-state index contributed by atoms with van der Waals surface area (Å²) in [6.07, 6.45) is -1.49. The van der Waals surface area contributed by atoms with Gasteiger partial charge in [0.2, 0.25) is 41.4 Å². The molecule has 2 aromatic carbocycles. The number of amides is 7. The van der Waals surface area contributed by atoms with Gasteiger partial charge in [0.25, 0.3) is 0 Å². The van der Waals surface area contributed by atoms with E-state index < -0.39 is 85.5 Å². The van der Waals surface area contributed by atoms with Crippen LogP contribution in [0.15, 0.2) is 54.6 Å². The summed E-state index contributed by atoms with van der Waals surface area (Å²) in [5, 5.41) is 20.0. The van der Waals surface area contributed by atoms with Gasteiger partial charge in [0.15, 0.2) is 0 Å². The number of nitrogens with one attached hydrogen (secondary N) is 4. The molecular weight excluding hydrogens is 729 g/mol. The number of carbonyl (C=O) groups is 7. The maximum absolute atomic E-state index is 14.2. The summed E-state index contributed by atoms with van der Waals surface area (Å²) in [5.74, 6) is -5.54. The Balaban J connectivity index is 1.85. The van der Waals surface area contributed by atoms with E-state index in [-0.39, 0.29) is 44.4 Å². The predicted molar refractivity (Wildman–Crippen MR) is 190 cm³/mol. The molecule has 2 aromatic rings. The highest BCUT2D eigenvalue weighted by Crippen LogP contribution is 2.37. The van der Waals surface area contributed by atoms with Crippen LogP contribution in [0.5, 0.6) is 5.75 Å². The van der Waals surface area contributed by atoms with E-state index in [1.165, 1.54) is 43.0 Å². The molecule has 54 heavy (non-hydrogen) atoms. The van der Waals surface area contributed by atoms with Crippen LogP contribution in [-0.4, -0.2) is 104 Å². The number of likely N-dealkylation sites (tertiary alicyclic amines) is 1. The second-order valence-electron chi connectivity index (χ2n) is 12.8. The molecule has 20 heteroatoms. The summed E-state index contributed by atoms with van der Waals surface area (Å²) in [6, 6.07) is 7.72. The molecule has 7 amide bonds. The van der Waals surface area contributed by atoms with E-state index in [0.29, 0.717) is 17.5 Å². The first-order chi connectivity index (χ1) is 25.3. The SMILES string of the molecule is CC(=O)N[C@@H](Cc1ccc(OP(=O)(O)O)cc1)C(=O)N[C@@H](Cc1ccccc1)C(=O)N1CCC[C@H]1C(=O)N[C@@H](CCC(N)=O)C(=O)N[C@H](C(N)=O)C(C)O. The lowest BCUT2D eigenvalue weighted by Crippen LogP contribution is -2.60. The van der Waals surface area contributed by atoms with Gasteiger partial charge in [-0.05, 0) is 49.4 Å². The Bertz CT molecular complexity index is 1720. The summed E-state index contributed by atoms with van der Waals surface area (Å²) >= 11 is 0. The molecule has 0 bridgehead atoms. The fourth-order valence-corrected chi connectivity index (χ4v) is 6.24. The average Bonchev–Trinajstić information content (AvgIpc) is 3.58. The molecule has 1 saturated heterocycles. The van der Waals surface area contributed by atoms with Gasteiger partial charge in [0.1, 0.15) is 36.0 Å². The van der Waals surface area contributed by atoms with Crippen LogP contribution < -0.4 is 37.3 Å². The van der Waals surface area contributed by atoms with Crippen LogP contribution in [0.4, 0.5) is 0 Å². The van der Waals surface area contributed by atoms with Gasteiger partial charge in [-0.1, -0.05) is 42.5 Å². The zero-order chi connectivity index (χ0) is 40.2. The van der Waals surface area contributed by atoms with E-state index in [1.54, 1.807) is 30.3 Å².